The SMILES string of the molecule is Cn1c(C(F)(F)F)cc(=O)n(-c2ccc(Cl)c(-c3nnn(CC(N)=O)n3)c2)c1=O. The Hall–Kier alpha value is -3.48. The number of benzene rings is 1. The van der Waals surface area contributed by atoms with E-state index in [2.05, 4.69) is 15.4 Å². The van der Waals surface area contributed by atoms with Gasteiger partial charge in [0.05, 0.1) is 10.7 Å². The molecule has 0 saturated carbocycles. The van der Waals surface area contributed by atoms with Gasteiger partial charge in [0, 0.05) is 18.7 Å². The van der Waals surface area contributed by atoms with Gasteiger partial charge in [0.15, 0.2) is 0 Å². The topological polar surface area (TPSA) is 131 Å². The summed E-state index contributed by atoms with van der Waals surface area (Å²) in [5, 5.41) is 11.4. The minimum atomic E-state index is -4.87. The first-order valence-corrected chi connectivity index (χ1v) is 8.13. The highest BCUT2D eigenvalue weighted by atomic mass is 35.5. The lowest BCUT2D eigenvalue weighted by molar-refractivity contribution is -0.144. The van der Waals surface area contributed by atoms with Crippen LogP contribution < -0.4 is 17.0 Å². The molecule has 0 atom stereocenters. The van der Waals surface area contributed by atoms with Gasteiger partial charge in [-0.2, -0.15) is 18.0 Å². The van der Waals surface area contributed by atoms with Gasteiger partial charge >= 0.3 is 11.9 Å². The number of primary amides is 1. The van der Waals surface area contributed by atoms with E-state index in [0.29, 0.717) is 15.2 Å². The van der Waals surface area contributed by atoms with Gasteiger partial charge in [0.2, 0.25) is 11.7 Å². The predicted octanol–water partition coefficient (Wildman–Crippen LogP) is 0.347. The summed E-state index contributed by atoms with van der Waals surface area (Å²) in [6.45, 7) is -0.344. The number of amides is 1. The van der Waals surface area contributed by atoms with Crippen LogP contribution in [0.25, 0.3) is 17.1 Å². The number of carbonyl (C=O) groups is 1. The summed E-state index contributed by atoms with van der Waals surface area (Å²) in [4.78, 5) is 36.5. The lowest BCUT2D eigenvalue weighted by Crippen LogP contribution is -2.40. The van der Waals surface area contributed by atoms with Crippen molar-refractivity contribution in [1.82, 2.24) is 29.3 Å². The summed E-state index contributed by atoms with van der Waals surface area (Å²) in [5.41, 5.74) is 1.35. The van der Waals surface area contributed by atoms with E-state index in [1.165, 1.54) is 18.2 Å². The molecule has 0 fully saturated rings. The van der Waals surface area contributed by atoms with Crippen LogP contribution in [0.2, 0.25) is 5.02 Å². The fourth-order valence-corrected chi connectivity index (χ4v) is 2.72. The highest BCUT2D eigenvalue weighted by molar-refractivity contribution is 6.33. The molecule has 152 valence electrons. The zero-order valence-electron chi connectivity index (χ0n) is 14.5. The van der Waals surface area contributed by atoms with Crippen LogP contribution in [0.3, 0.4) is 0 Å². The fraction of sp³-hybridized carbons (Fsp3) is 0.200. The first-order valence-electron chi connectivity index (χ1n) is 7.75. The molecule has 1 aromatic carbocycles. The van der Waals surface area contributed by atoms with Crippen molar-refractivity contribution in [3.8, 4) is 17.1 Å². The quantitative estimate of drug-likeness (QED) is 0.636. The Morgan fingerprint density at radius 1 is 1.24 bits per heavy atom. The maximum Gasteiger partial charge on any atom is 0.431 e. The molecule has 0 saturated heterocycles. The third-order valence-electron chi connectivity index (χ3n) is 3.81. The standard InChI is InChI=1S/C15H11ClF3N7O3/c1-24-10(15(17,18)19)5-12(28)26(14(24)29)7-2-3-9(16)8(4-7)13-21-23-25(22-13)6-11(20)27/h2-5H,6H2,1H3,(H2,20,27). The van der Waals surface area contributed by atoms with E-state index in [9.17, 15) is 27.6 Å². The molecule has 0 aliphatic heterocycles. The Kier molecular flexibility index (Phi) is 5.00. The molecule has 0 unspecified atom stereocenters. The van der Waals surface area contributed by atoms with E-state index in [4.69, 9.17) is 17.3 Å². The monoisotopic (exact) mass is 429 g/mol. The van der Waals surface area contributed by atoms with Crippen LogP contribution in [0.4, 0.5) is 13.2 Å². The molecule has 14 heteroatoms. The third kappa shape index (κ3) is 3.89. The van der Waals surface area contributed by atoms with Gasteiger partial charge in [0.25, 0.3) is 5.56 Å². The number of nitrogens with two attached hydrogens (primary N) is 1. The Bertz CT molecular complexity index is 1230. The van der Waals surface area contributed by atoms with E-state index in [1.807, 2.05) is 0 Å². The van der Waals surface area contributed by atoms with Crippen molar-refractivity contribution in [2.75, 3.05) is 0 Å². The van der Waals surface area contributed by atoms with E-state index in [-0.39, 0.29) is 28.6 Å². The maximum absolute atomic E-state index is 13.0. The van der Waals surface area contributed by atoms with Gasteiger partial charge in [-0.1, -0.05) is 11.6 Å². The highest BCUT2D eigenvalue weighted by Crippen LogP contribution is 2.28. The predicted molar refractivity (Wildman–Crippen MR) is 93.3 cm³/mol. The fourth-order valence-electron chi connectivity index (χ4n) is 2.52. The van der Waals surface area contributed by atoms with Crippen molar-refractivity contribution in [2.24, 2.45) is 12.8 Å². The van der Waals surface area contributed by atoms with Gasteiger partial charge in [-0.3, -0.25) is 14.2 Å². The number of hydrogen-bond donors (Lipinski definition) is 1. The van der Waals surface area contributed by atoms with Crippen molar-refractivity contribution in [3.63, 3.8) is 0 Å². The lowest BCUT2D eigenvalue weighted by atomic mass is 10.2. The molecule has 0 aliphatic carbocycles. The number of alkyl halides is 3. The van der Waals surface area contributed by atoms with E-state index in [0.717, 1.165) is 11.8 Å². The number of carbonyl (C=O) groups excluding carboxylic acids is 1. The van der Waals surface area contributed by atoms with E-state index < -0.39 is 29.0 Å². The first kappa shape index (κ1) is 20.3. The van der Waals surface area contributed by atoms with Crippen LogP contribution in [0.5, 0.6) is 0 Å². The van der Waals surface area contributed by atoms with Crippen LogP contribution in [-0.4, -0.2) is 35.2 Å². The number of aromatic nitrogens is 6. The van der Waals surface area contributed by atoms with Crippen molar-refractivity contribution in [2.45, 2.75) is 12.7 Å². The summed E-state index contributed by atoms with van der Waals surface area (Å²) in [6, 6.07) is 4.14. The summed E-state index contributed by atoms with van der Waals surface area (Å²) in [6.07, 6.45) is -4.87. The Morgan fingerprint density at radius 3 is 2.55 bits per heavy atom. The molecule has 2 aromatic heterocycles. The second-order valence-corrected chi connectivity index (χ2v) is 6.22. The molecule has 3 aromatic rings. The van der Waals surface area contributed by atoms with E-state index in [1.54, 1.807) is 0 Å². The molecule has 2 N–H and O–H groups in total. The van der Waals surface area contributed by atoms with Gasteiger partial charge in [0.1, 0.15) is 12.2 Å². The van der Waals surface area contributed by atoms with E-state index >= 15 is 0 Å². The van der Waals surface area contributed by atoms with Gasteiger partial charge in [-0.15, -0.1) is 10.2 Å². The molecule has 0 radical (unpaired) electrons. The van der Waals surface area contributed by atoms with Gasteiger partial charge in [-0.25, -0.2) is 9.36 Å². The molecule has 0 spiro atoms. The molecule has 2 heterocycles. The average molecular weight is 430 g/mol. The van der Waals surface area contributed by atoms with Crippen LogP contribution >= 0.6 is 11.6 Å². The minimum Gasteiger partial charge on any atom is -0.368 e. The Morgan fingerprint density at radius 2 is 1.93 bits per heavy atom. The second-order valence-electron chi connectivity index (χ2n) is 5.82. The molecule has 10 nitrogen and oxygen atoms in total. The lowest BCUT2D eigenvalue weighted by Gasteiger charge is -2.14. The largest absolute Gasteiger partial charge is 0.431 e. The second kappa shape index (κ2) is 7.16. The number of halogens is 4. The molecule has 29 heavy (non-hydrogen) atoms. The molecule has 1 amide bonds. The maximum atomic E-state index is 13.0. The van der Waals surface area contributed by atoms with Crippen LogP contribution in [-0.2, 0) is 24.6 Å². The zero-order valence-corrected chi connectivity index (χ0v) is 15.3. The average Bonchev–Trinajstić information content (AvgIpc) is 3.06. The smallest absolute Gasteiger partial charge is 0.368 e. The normalized spacial score (nSPS) is 11.6. The van der Waals surface area contributed by atoms with Crippen LogP contribution in [0.1, 0.15) is 5.69 Å². The van der Waals surface area contributed by atoms with Gasteiger partial charge in [-0.05, 0) is 23.4 Å². The van der Waals surface area contributed by atoms with Crippen molar-refractivity contribution in [1.29, 1.82) is 0 Å². The minimum absolute atomic E-state index is 0.0464. The van der Waals surface area contributed by atoms with Crippen molar-refractivity contribution < 1.29 is 18.0 Å². The molecule has 3 rings (SSSR count). The molecule has 0 aliphatic rings. The number of tetrazole rings is 1. The van der Waals surface area contributed by atoms with Gasteiger partial charge < -0.3 is 5.73 Å². The summed E-state index contributed by atoms with van der Waals surface area (Å²) in [5.74, 6) is -0.761. The first-order chi connectivity index (χ1) is 13.5. The van der Waals surface area contributed by atoms with Crippen molar-refractivity contribution >= 4 is 17.5 Å². The number of rotatable bonds is 4. The zero-order chi connectivity index (χ0) is 21.5. The van der Waals surface area contributed by atoms with Crippen molar-refractivity contribution in [3.05, 3.63) is 55.8 Å². The number of hydrogen-bond acceptors (Lipinski definition) is 6. The van der Waals surface area contributed by atoms with Crippen LogP contribution in [0, 0.1) is 0 Å². The third-order valence-corrected chi connectivity index (χ3v) is 4.14. The molecule has 0 bridgehead atoms. The number of nitrogens with zero attached hydrogens (tertiary/aromatic N) is 6. The molecular weight excluding hydrogens is 419 g/mol. The Balaban J connectivity index is 2.15. The summed E-state index contributed by atoms with van der Waals surface area (Å²) in [7, 11) is 0.898. The van der Waals surface area contributed by atoms with Crippen LogP contribution in [0.15, 0.2) is 33.9 Å². The molecular formula is C15H11ClF3N7O3. The summed E-state index contributed by atoms with van der Waals surface area (Å²) >= 11 is 6.10. The Labute approximate surface area is 163 Å². The summed E-state index contributed by atoms with van der Waals surface area (Å²) < 4.78 is 39.8. The highest BCUT2D eigenvalue weighted by Gasteiger charge is 2.35.